The van der Waals surface area contributed by atoms with Crippen molar-refractivity contribution in [2.45, 2.75) is 33.4 Å². The van der Waals surface area contributed by atoms with E-state index in [1.54, 1.807) is 0 Å². The van der Waals surface area contributed by atoms with Crippen molar-refractivity contribution in [3.8, 4) is 0 Å². The van der Waals surface area contributed by atoms with Crippen molar-refractivity contribution in [1.82, 2.24) is 5.32 Å². The summed E-state index contributed by atoms with van der Waals surface area (Å²) in [6, 6.07) is 8.07. The zero-order valence-corrected chi connectivity index (χ0v) is 9.66. The number of nitrogens with one attached hydrogen (secondary N) is 1. The summed E-state index contributed by atoms with van der Waals surface area (Å²) < 4.78 is 0. The number of hydrogen-bond acceptors (Lipinski definition) is 2. The number of benzene rings is 1. The van der Waals surface area contributed by atoms with Gasteiger partial charge in [0.05, 0.1) is 6.61 Å². The van der Waals surface area contributed by atoms with E-state index in [0.717, 1.165) is 24.6 Å². The zero-order chi connectivity index (χ0) is 11.1. The molecule has 0 amide bonds. The highest BCUT2D eigenvalue weighted by Crippen LogP contribution is 2.04. The first kappa shape index (κ1) is 12.2. The molecule has 0 radical (unpaired) electrons. The Balaban J connectivity index is 2.31. The highest BCUT2D eigenvalue weighted by molar-refractivity contribution is 5.21. The topological polar surface area (TPSA) is 32.3 Å². The van der Waals surface area contributed by atoms with E-state index in [0.29, 0.717) is 0 Å². The molecule has 2 nitrogen and oxygen atoms in total. The average molecular weight is 207 g/mol. The van der Waals surface area contributed by atoms with Crippen LogP contribution < -0.4 is 5.32 Å². The van der Waals surface area contributed by atoms with Crippen LogP contribution in [-0.2, 0) is 13.2 Å². The van der Waals surface area contributed by atoms with Gasteiger partial charge in [-0.2, -0.15) is 0 Å². The minimum atomic E-state index is 0.126. The van der Waals surface area contributed by atoms with Crippen molar-refractivity contribution in [3.05, 3.63) is 35.4 Å². The van der Waals surface area contributed by atoms with Crippen LogP contribution in [0.4, 0.5) is 0 Å². The van der Waals surface area contributed by atoms with Gasteiger partial charge < -0.3 is 10.4 Å². The second-order valence-electron chi connectivity index (χ2n) is 4.12. The first-order valence-electron chi connectivity index (χ1n) is 5.65. The molecule has 1 aromatic rings. The van der Waals surface area contributed by atoms with Crippen LogP contribution >= 0.6 is 0 Å². The van der Waals surface area contributed by atoms with Crippen molar-refractivity contribution in [1.29, 1.82) is 0 Å². The van der Waals surface area contributed by atoms with Gasteiger partial charge in [0.2, 0.25) is 0 Å². The lowest BCUT2D eigenvalue weighted by atomic mass is 10.1. The van der Waals surface area contributed by atoms with Crippen molar-refractivity contribution in [2.75, 3.05) is 6.54 Å². The molecule has 2 heteroatoms. The second-order valence-corrected chi connectivity index (χ2v) is 4.12. The van der Waals surface area contributed by atoms with Gasteiger partial charge in [-0.3, -0.25) is 0 Å². The Bertz CT molecular complexity index is 268. The third-order valence-electron chi connectivity index (χ3n) is 2.72. The summed E-state index contributed by atoms with van der Waals surface area (Å²) in [5.41, 5.74) is 2.25. The molecule has 0 aromatic heterocycles. The van der Waals surface area contributed by atoms with Crippen molar-refractivity contribution in [2.24, 2.45) is 5.92 Å². The van der Waals surface area contributed by atoms with Gasteiger partial charge in [0.15, 0.2) is 0 Å². The van der Waals surface area contributed by atoms with E-state index in [1.165, 1.54) is 12.0 Å². The lowest BCUT2D eigenvalue weighted by Gasteiger charge is -2.10. The molecule has 1 aromatic carbocycles. The minimum Gasteiger partial charge on any atom is -0.392 e. The first-order valence-corrected chi connectivity index (χ1v) is 5.65. The molecular weight excluding hydrogens is 186 g/mol. The molecule has 0 saturated carbocycles. The van der Waals surface area contributed by atoms with Gasteiger partial charge in [-0.25, -0.2) is 0 Å². The molecule has 1 atom stereocenters. The number of aliphatic hydroxyl groups is 1. The van der Waals surface area contributed by atoms with Crippen LogP contribution in [0.1, 0.15) is 31.4 Å². The van der Waals surface area contributed by atoms with Crippen LogP contribution in [0.2, 0.25) is 0 Å². The van der Waals surface area contributed by atoms with Crippen LogP contribution in [0.25, 0.3) is 0 Å². The van der Waals surface area contributed by atoms with Crippen LogP contribution in [0.5, 0.6) is 0 Å². The molecule has 1 unspecified atom stereocenters. The van der Waals surface area contributed by atoms with Gasteiger partial charge >= 0.3 is 0 Å². The highest BCUT2D eigenvalue weighted by atomic mass is 16.3. The molecule has 0 spiro atoms. The Hall–Kier alpha value is -0.860. The van der Waals surface area contributed by atoms with Crippen molar-refractivity contribution in [3.63, 3.8) is 0 Å². The molecular formula is C13H21NO. The van der Waals surface area contributed by atoms with E-state index in [4.69, 9.17) is 5.11 Å². The van der Waals surface area contributed by atoms with Crippen molar-refractivity contribution < 1.29 is 5.11 Å². The summed E-state index contributed by atoms with van der Waals surface area (Å²) in [5.74, 6) is 0.738. The van der Waals surface area contributed by atoms with Gasteiger partial charge in [-0.15, -0.1) is 0 Å². The largest absolute Gasteiger partial charge is 0.392 e. The summed E-state index contributed by atoms with van der Waals surface area (Å²) in [4.78, 5) is 0. The SMILES string of the molecule is CCC(C)CNCc1ccc(CO)cc1. The second kappa shape index (κ2) is 6.59. The molecule has 15 heavy (non-hydrogen) atoms. The molecule has 0 aliphatic heterocycles. The van der Waals surface area contributed by atoms with E-state index in [1.807, 2.05) is 12.1 Å². The Labute approximate surface area is 92.3 Å². The van der Waals surface area contributed by atoms with Crippen LogP contribution in [-0.4, -0.2) is 11.7 Å². The van der Waals surface area contributed by atoms with E-state index in [9.17, 15) is 0 Å². The molecule has 0 aliphatic rings. The van der Waals surface area contributed by atoms with Gasteiger partial charge in [-0.1, -0.05) is 44.5 Å². The Morgan fingerprint density at radius 3 is 2.33 bits per heavy atom. The fourth-order valence-corrected chi connectivity index (χ4v) is 1.37. The Morgan fingerprint density at radius 1 is 1.20 bits per heavy atom. The lowest BCUT2D eigenvalue weighted by Crippen LogP contribution is -2.20. The monoisotopic (exact) mass is 207 g/mol. The maximum atomic E-state index is 8.89. The predicted octanol–water partition coefficient (Wildman–Crippen LogP) is 2.31. The van der Waals surface area contributed by atoms with E-state index < -0.39 is 0 Å². The molecule has 0 aliphatic carbocycles. The number of aliphatic hydroxyl groups excluding tert-OH is 1. The van der Waals surface area contributed by atoms with Crippen LogP contribution in [0.15, 0.2) is 24.3 Å². The number of hydrogen-bond donors (Lipinski definition) is 2. The molecule has 0 saturated heterocycles. The first-order chi connectivity index (χ1) is 7.26. The summed E-state index contributed by atoms with van der Waals surface area (Å²) in [6.45, 7) is 6.57. The third-order valence-corrected chi connectivity index (χ3v) is 2.72. The van der Waals surface area contributed by atoms with Gasteiger partial charge in [0, 0.05) is 6.54 Å². The summed E-state index contributed by atoms with van der Waals surface area (Å²) in [5, 5.41) is 12.3. The van der Waals surface area contributed by atoms with Gasteiger partial charge in [-0.05, 0) is 23.6 Å². The Morgan fingerprint density at radius 2 is 1.80 bits per heavy atom. The molecule has 0 heterocycles. The van der Waals surface area contributed by atoms with Crippen LogP contribution in [0, 0.1) is 5.92 Å². The standard InChI is InChI=1S/C13H21NO/c1-3-11(2)8-14-9-12-4-6-13(10-15)7-5-12/h4-7,11,14-15H,3,8-10H2,1-2H3. The molecule has 0 fully saturated rings. The molecule has 0 bridgehead atoms. The summed E-state index contributed by atoms with van der Waals surface area (Å²) in [6.07, 6.45) is 1.22. The quantitative estimate of drug-likeness (QED) is 0.750. The third kappa shape index (κ3) is 4.45. The Kier molecular flexibility index (Phi) is 5.37. The van der Waals surface area contributed by atoms with Crippen molar-refractivity contribution >= 4 is 0 Å². The molecule has 84 valence electrons. The highest BCUT2D eigenvalue weighted by Gasteiger charge is 1.98. The molecule has 2 N–H and O–H groups in total. The lowest BCUT2D eigenvalue weighted by molar-refractivity contribution is 0.282. The summed E-state index contributed by atoms with van der Waals surface area (Å²) >= 11 is 0. The summed E-state index contributed by atoms with van der Waals surface area (Å²) in [7, 11) is 0. The fourth-order valence-electron chi connectivity index (χ4n) is 1.37. The smallest absolute Gasteiger partial charge is 0.0681 e. The zero-order valence-electron chi connectivity index (χ0n) is 9.66. The fraction of sp³-hybridized carbons (Fsp3) is 0.538. The predicted molar refractivity (Wildman–Crippen MR) is 63.5 cm³/mol. The van der Waals surface area contributed by atoms with E-state index in [-0.39, 0.29) is 6.61 Å². The maximum Gasteiger partial charge on any atom is 0.0681 e. The van der Waals surface area contributed by atoms with Gasteiger partial charge in [0.1, 0.15) is 0 Å². The maximum absolute atomic E-state index is 8.89. The van der Waals surface area contributed by atoms with Crippen LogP contribution in [0.3, 0.4) is 0 Å². The molecule has 1 rings (SSSR count). The average Bonchev–Trinajstić information content (AvgIpc) is 2.29. The number of rotatable bonds is 6. The van der Waals surface area contributed by atoms with E-state index in [2.05, 4.69) is 31.3 Å². The van der Waals surface area contributed by atoms with E-state index >= 15 is 0 Å². The van der Waals surface area contributed by atoms with Gasteiger partial charge in [0.25, 0.3) is 0 Å². The normalized spacial score (nSPS) is 12.7. The minimum absolute atomic E-state index is 0.126.